The molecular weight excluding hydrogens is 186 g/mol. The highest BCUT2D eigenvalue weighted by Gasteiger charge is 2.31. The maximum absolute atomic E-state index is 6.83. The SMILES string of the molecule is [C-]#[N+]CN1CCN(C([CH])(CC)CC)CC1. The Morgan fingerprint density at radius 3 is 2.13 bits per heavy atom. The number of hydrogen-bond donors (Lipinski definition) is 0. The Hall–Kier alpha value is -0.590. The van der Waals surface area contributed by atoms with Gasteiger partial charge in [0.05, 0.1) is 0 Å². The molecule has 1 aliphatic heterocycles. The van der Waals surface area contributed by atoms with Crippen molar-refractivity contribution < 1.29 is 0 Å². The lowest BCUT2D eigenvalue weighted by Crippen LogP contribution is -2.55. The van der Waals surface area contributed by atoms with E-state index >= 15 is 0 Å². The Labute approximate surface area is 93.9 Å². The standard InChI is InChI=1S/C12H21N3/c1-5-12(3,6-2)15-9-7-14(8-10-15)11-13-4/h3H,5-11H2,1-2H3. The zero-order valence-electron chi connectivity index (χ0n) is 9.87. The van der Waals surface area contributed by atoms with Gasteiger partial charge in [-0.05, 0) is 19.8 Å². The Morgan fingerprint density at radius 1 is 1.20 bits per heavy atom. The highest BCUT2D eigenvalue weighted by atomic mass is 15.3. The van der Waals surface area contributed by atoms with E-state index < -0.39 is 0 Å². The lowest BCUT2D eigenvalue weighted by molar-refractivity contribution is 0.0564. The predicted octanol–water partition coefficient (Wildman–Crippen LogP) is 1.75. The highest BCUT2D eigenvalue weighted by Crippen LogP contribution is 2.23. The molecule has 3 nitrogen and oxygen atoms in total. The maximum Gasteiger partial charge on any atom is 0.270 e. The number of hydrogen-bond acceptors (Lipinski definition) is 2. The largest absolute Gasteiger partial charge is 0.299 e. The summed E-state index contributed by atoms with van der Waals surface area (Å²) in [5.41, 5.74) is -0.135. The average Bonchev–Trinajstić information content (AvgIpc) is 2.29. The predicted molar refractivity (Wildman–Crippen MR) is 62.2 cm³/mol. The first kappa shape index (κ1) is 12.5. The summed E-state index contributed by atoms with van der Waals surface area (Å²) >= 11 is 0. The molecule has 0 aromatic carbocycles. The average molecular weight is 207 g/mol. The summed E-state index contributed by atoms with van der Waals surface area (Å²) in [6, 6.07) is 0. The minimum absolute atomic E-state index is 0.135. The first-order valence-corrected chi connectivity index (χ1v) is 5.75. The van der Waals surface area contributed by atoms with E-state index in [0.717, 1.165) is 39.0 Å². The zero-order valence-corrected chi connectivity index (χ0v) is 9.87. The quantitative estimate of drug-likeness (QED) is 0.650. The molecule has 0 aromatic rings. The summed E-state index contributed by atoms with van der Waals surface area (Å²) in [5.74, 6) is 0. The molecule has 0 aromatic heterocycles. The van der Waals surface area contributed by atoms with Crippen LogP contribution in [-0.4, -0.2) is 48.2 Å². The van der Waals surface area contributed by atoms with Crippen LogP contribution >= 0.6 is 0 Å². The van der Waals surface area contributed by atoms with Crippen molar-refractivity contribution in [3.63, 3.8) is 0 Å². The lowest BCUT2D eigenvalue weighted by atomic mass is 9.92. The molecule has 0 aliphatic carbocycles. The Morgan fingerprint density at radius 2 is 1.73 bits per heavy atom. The summed E-state index contributed by atoms with van der Waals surface area (Å²) in [4.78, 5) is 7.97. The second-order valence-corrected chi connectivity index (χ2v) is 4.22. The molecule has 0 atom stereocenters. The molecule has 0 N–H and O–H groups in total. The summed E-state index contributed by atoms with van der Waals surface area (Å²) in [6.07, 6.45) is 1.98. The van der Waals surface area contributed by atoms with Gasteiger partial charge in [0.25, 0.3) is 6.67 Å². The van der Waals surface area contributed by atoms with E-state index in [0.29, 0.717) is 6.67 Å². The van der Waals surface area contributed by atoms with Crippen LogP contribution in [0.4, 0.5) is 0 Å². The van der Waals surface area contributed by atoms with Gasteiger partial charge in [0.2, 0.25) is 0 Å². The molecular formula is C12H21N3. The molecule has 0 spiro atoms. The Balaban J connectivity index is 2.46. The van der Waals surface area contributed by atoms with Crippen molar-refractivity contribution in [2.24, 2.45) is 0 Å². The summed E-state index contributed by atoms with van der Waals surface area (Å²) in [6.45, 7) is 21.9. The smallest absolute Gasteiger partial charge is 0.270 e. The van der Waals surface area contributed by atoms with Crippen LogP contribution in [0.25, 0.3) is 4.85 Å². The minimum Gasteiger partial charge on any atom is -0.299 e. The maximum atomic E-state index is 6.83. The van der Waals surface area contributed by atoms with Gasteiger partial charge in [0.15, 0.2) is 0 Å². The van der Waals surface area contributed by atoms with Gasteiger partial charge in [-0.25, -0.2) is 11.5 Å². The van der Waals surface area contributed by atoms with Gasteiger partial charge in [-0.3, -0.25) is 9.74 Å². The molecule has 2 radical (unpaired) electrons. The van der Waals surface area contributed by atoms with Crippen LogP contribution in [0, 0.1) is 13.5 Å². The summed E-state index contributed by atoms with van der Waals surface area (Å²) in [7, 11) is 0. The molecule has 0 bridgehead atoms. The van der Waals surface area contributed by atoms with E-state index in [9.17, 15) is 0 Å². The van der Waals surface area contributed by atoms with Crippen molar-refractivity contribution in [1.82, 2.24) is 9.80 Å². The lowest BCUT2D eigenvalue weighted by Gasteiger charge is -2.44. The van der Waals surface area contributed by atoms with Crippen LogP contribution in [0.3, 0.4) is 0 Å². The van der Waals surface area contributed by atoms with Crippen LogP contribution in [-0.2, 0) is 0 Å². The molecule has 1 fully saturated rings. The fourth-order valence-electron chi connectivity index (χ4n) is 2.13. The molecule has 1 heterocycles. The Bertz CT molecular complexity index is 220. The van der Waals surface area contributed by atoms with Crippen LogP contribution in [0.5, 0.6) is 0 Å². The van der Waals surface area contributed by atoms with Crippen LogP contribution in [0.1, 0.15) is 26.7 Å². The van der Waals surface area contributed by atoms with Crippen molar-refractivity contribution >= 4 is 0 Å². The second kappa shape index (κ2) is 5.48. The van der Waals surface area contributed by atoms with Crippen LogP contribution < -0.4 is 0 Å². The van der Waals surface area contributed by atoms with Crippen molar-refractivity contribution in [1.29, 1.82) is 0 Å². The minimum atomic E-state index is -0.135. The van der Waals surface area contributed by atoms with Crippen molar-refractivity contribution in [3.8, 4) is 0 Å². The molecule has 84 valence electrons. The van der Waals surface area contributed by atoms with E-state index in [1.54, 1.807) is 0 Å². The number of rotatable bonds is 4. The summed E-state index contributed by atoms with van der Waals surface area (Å²) in [5, 5.41) is 0. The zero-order chi connectivity index (χ0) is 11.3. The monoisotopic (exact) mass is 207 g/mol. The number of piperazine rings is 1. The molecule has 1 saturated heterocycles. The third-order valence-corrected chi connectivity index (χ3v) is 3.50. The van der Waals surface area contributed by atoms with Crippen LogP contribution in [0.2, 0.25) is 0 Å². The normalized spacial score (nSPS) is 20.1. The molecule has 0 saturated carbocycles. The molecule has 1 aliphatic rings. The fourth-order valence-corrected chi connectivity index (χ4v) is 2.13. The molecule has 1 rings (SSSR count). The fraction of sp³-hybridized carbons (Fsp3) is 0.833. The third kappa shape index (κ3) is 2.93. The van der Waals surface area contributed by atoms with E-state index in [1.807, 2.05) is 0 Å². The molecule has 3 heteroatoms. The van der Waals surface area contributed by atoms with Crippen molar-refractivity contribution in [3.05, 3.63) is 18.3 Å². The van der Waals surface area contributed by atoms with Gasteiger partial charge in [-0.15, -0.1) is 0 Å². The highest BCUT2D eigenvalue weighted by molar-refractivity contribution is 4.93. The molecule has 0 unspecified atom stereocenters. The van der Waals surface area contributed by atoms with E-state index in [1.165, 1.54) is 0 Å². The third-order valence-electron chi connectivity index (χ3n) is 3.50. The van der Waals surface area contributed by atoms with E-state index in [2.05, 4.69) is 28.5 Å². The molecule has 15 heavy (non-hydrogen) atoms. The summed E-state index contributed by atoms with van der Waals surface area (Å²) < 4.78 is 0. The number of nitrogens with zero attached hydrogens (tertiary/aromatic N) is 3. The van der Waals surface area contributed by atoms with Gasteiger partial charge < -0.3 is 0 Å². The van der Waals surface area contributed by atoms with Gasteiger partial charge in [-0.1, -0.05) is 13.8 Å². The van der Waals surface area contributed by atoms with Gasteiger partial charge >= 0.3 is 0 Å². The van der Waals surface area contributed by atoms with Gasteiger partial charge in [0, 0.05) is 31.7 Å². The van der Waals surface area contributed by atoms with Crippen molar-refractivity contribution in [2.75, 3.05) is 32.8 Å². The van der Waals surface area contributed by atoms with Crippen LogP contribution in [0.15, 0.2) is 0 Å². The Kier molecular flexibility index (Phi) is 4.56. The molecule has 0 amide bonds. The second-order valence-electron chi connectivity index (χ2n) is 4.22. The first-order valence-electron chi connectivity index (χ1n) is 5.75. The van der Waals surface area contributed by atoms with Crippen molar-refractivity contribution in [2.45, 2.75) is 32.2 Å². The first-order chi connectivity index (χ1) is 7.16. The van der Waals surface area contributed by atoms with E-state index in [4.69, 9.17) is 13.5 Å². The topological polar surface area (TPSA) is 10.8 Å². The van der Waals surface area contributed by atoms with Gasteiger partial charge in [0.1, 0.15) is 0 Å². The van der Waals surface area contributed by atoms with Gasteiger partial charge in [-0.2, -0.15) is 0 Å². The van der Waals surface area contributed by atoms with E-state index in [-0.39, 0.29) is 5.54 Å².